The summed E-state index contributed by atoms with van der Waals surface area (Å²) in [5.74, 6) is 1.64. The summed E-state index contributed by atoms with van der Waals surface area (Å²) in [5, 5.41) is 0. The van der Waals surface area contributed by atoms with E-state index >= 15 is 0 Å². The molecule has 3 rings (SSSR count). The van der Waals surface area contributed by atoms with Crippen molar-refractivity contribution in [3.8, 4) is 17.2 Å². The van der Waals surface area contributed by atoms with Crippen LogP contribution in [-0.2, 0) is 17.9 Å². The maximum atomic E-state index is 13.1. The highest BCUT2D eigenvalue weighted by molar-refractivity contribution is 5.92. The zero-order valence-corrected chi connectivity index (χ0v) is 18.1. The monoisotopic (exact) mass is 417 g/mol. The van der Waals surface area contributed by atoms with Gasteiger partial charge < -0.3 is 19.1 Å². The number of carbonyl (C=O) groups is 1. The van der Waals surface area contributed by atoms with E-state index in [1.54, 1.807) is 45.6 Å². The number of hydrogen-bond acceptors (Lipinski definition) is 4. The van der Waals surface area contributed by atoms with Gasteiger partial charge in [-0.25, -0.2) is 0 Å². The Labute approximate surface area is 183 Å². The number of rotatable bonds is 9. The molecule has 0 aliphatic heterocycles. The number of carbonyl (C=O) groups excluding carboxylic acids is 1. The van der Waals surface area contributed by atoms with Crippen LogP contribution in [0.4, 0.5) is 0 Å². The molecular weight excluding hydrogens is 390 g/mol. The molecule has 5 heteroatoms. The van der Waals surface area contributed by atoms with Crippen LogP contribution in [0.15, 0.2) is 78.9 Å². The second-order valence-electron chi connectivity index (χ2n) is 6.95. The summed E-state index contributed by atoms with van der Waals surface area (Å²) in [6, 6.07) is 23.5. The number of methoxy groups -OCH3 is 3. The van der Waals surface area contributed by atoms with Crippen LogP contribution < -0.4 is 14.2 Å². The first-order chi connectivity index (χ1) is 15.1. The Kier molecular flexibility index (Phi) is 7.71. The van der Waals surface area contributed by atoms with E-state index in [1.165, 1.54) is 0 Å². The maximum absolute atomic E-state index is 13.1. The summed E-state index contributed by atoms with van der Waals surface area (Å²) in [7, 11) is 4.73. The van der Waals surface area contributed by atoms with Gasteiger partial charge in [-0.3, -0.25) is 4.79 Å². The van der Waals surface area contributed by atoms with Crippen LogP contribution >= 0.6 is 0 Å². The van der Waals surface area contributed by atoms with Gasteiger partial charge in [0.2, 0.25) is 5.91 Å². The van der Waals surface area contributed by atoms with Gasteiger partial charge in [0.25, 0.3) is 0 Å². The summed E-state index contributed by atoms with van der Waals surface area (Å²) >= 11 is 0. The summed E-state index contributed by atoms with van der Waals surface area (Å²) in [5.41, 5.74) is 2.88. The van der Waals surface area contributed by atoms with Gasteiger partial charge in [-0.05, 0) is 23.3 Å². The van der Waals surface area contributed by atoms with Gasteiger partial charge in [0, 0.05) is 30.8 Å². The topological polar surface area (TPSA) is 48.0 Å². The van der Waals surface area contributed by atoms with E-state index in [2.05, 4.69) is 0 Å². The van der Waals surface area contributed by atoms with Gasteiger partial charge >= 0.3 is 0 Å². The van der Waals surface area contributed by atoms with Crippen LogP contribution in [0.25, 0.3) is 6.08 Å². The van der Waals surface area contributed by atoms with Gasteiger partial charge in [0.05, 0.1) is 21.3 Å². The molecule has 0 unspecified atom stereocenters. The highest BCUT2D eigenvalue weighted by atomic mass is 16.5. The van der Waals surface area contributed by atoms with E-state index in [4.69, 9.17) is 14.2 Å². The molecule has 0 bridgehead atoms. The normalized spacial score (nSPS) is 10.7. The van der Waals surface area contributed by atoms with Gasteiger partial charge in [-0.1, -0.05) is 60.7 Å². The second-order valence-corrected chi connectivity index (χ2v) is 6.95. The average molecular weight is 418 g/mol. The molecule has 1 amide bonds. The lowest BCUT2D eigenvalue weighted by Crippen LogP contribution is -2.28. The lowest BCUT2D eigenvalue weighted by molar-refractivity contribution is -0.127. The quantitative estimate of drug-likeness (QED) is 0.462. The number of amides is 1. The molecule has 3 aromatic rings. The highest BCUT2D eigenvalue weighted by Crippen LogP contribution is 2.35. The van der Waals surface area contributed by atoms with Crippen molar-refractivity contribution in [1.29, 1.82) is 0 Å². The van der Waals surface area contributed by atoms with Gasteiger partial charge in [-0.2, -0.15) is 0 Å². The molecule has 160 valence electrons. The van der Waals surface area contributed by atoms with Crippen molar-refractivity contribution in [2.45, 2.75) is 13.1 Å². The van der Waals surface area contributed by atoms with Gasteiger partial charge in [-0.15, -0.1) is 0 Å². The standard InChI is InChI=1S/C26H27NO4/c1-29-23-17-25(31-3)24(30-2)16-22(23)14-15-26(28)27(18-20-10-6-4-7-11-20)19-21-12-8-5-9-13-21/h4-17H,18-19H2,1-3H3. The third-order valence-electron chi connectivity index (χ3n) is 4.89. The summed E-state index contributed by atoms with van der Waals surface area (Å²) in [6.07, 6.45) is 3.31. The van der Waals surface area contributed by atoms with Crippen molar-refractivity contribution in [1.82, 2.24) is 4.90 Å². The average Bonchev–Trinajstić information content (AvgIpc) is 2.82. The van der Waals surface area contributed by atoms with E-state index in [9.17, 15) is 4.79 Å². The van der Waals surface area contributed by atoms with Gasteiger partial charge in [0.15, 0.2) is 11.5 Å². The fourth-order valence-corrected chi connectivity index (χ4v) is 3.27. The van der Waals surface area contributed by atoms with Crippen molar-refractivity contribution in [3.63, 3.8) is 0 Å². The Hall–Kier alpha value is -3.73. The Morgan fingerprint density at radius 3 is 1.71 bits per heavy atom. The van der Waals surface area contributed by atoms with Crippen molar-refractivity contribution in [2.24, 2.45) is 0 Å². The number of nitrogens with zero attached hydrogens (tertiary/aromatic N) is 1. The summed E-state index contributed by atoms with van der Waals surface area (Å²) < 4.78 is 16.2. The smallest absolute Gasteiger partial charge is 0.247 e. The lowest BCUT2D eigenvalue weighted by atomic mass is 10.1. The van der Waals surface area contributed by atoms with Crippen molar-refractivity contribution >= 4 is 12.0 Å². The first-order valence-electron chi connectivity index (χ1n) is 9.99. The first kappa shape index (κ1) is 22.0. The SMILES string of the molecule is COc1cc(OC)c(OC)cc1C=CC(=O)N(Cc1ccccc1)Cc1ccccc1. The molecule has 5 nitrogen and oxygen atoms in total. The molecule has 0 saturated carbocycles. The van der Waals surface area contributed by atoms with Crippen molar-refractivity contribution < 1.29 is 19.0 Å². The molecule has 0 aromatic heterocycles. The molecule has 3 aromatic carbocycles. The fraction of sp³-hybridized carbons (Fsp3) is 0.192. The Morgan fingerprint density at radius 2 is 1.23 bits per heavy atom. The minimum Gasteiger partial charge on any atom is -0.496 e. The van der Waals surface area contributed by atoms with Crippen LogP contribution in [0.5, 0.6) is 17.2 Å². The van der Waals surface area contributed by atoms with Crippen molar-refractivity contribution in [2.75, 3.05) is 21.3 Å². The maximum Gasteiger partial charge on any atom is 0.247 e. The molecule has 0 heterocycles. The number of benzene rings is 3. The van der Waals surface area contributed by atoms with E-state index in [1.807, 2.05) is 65.6 Å². The predicted molar refractivity (Wildman–Crippen MR) is 122 cm³/mol. The fourth-order valence-electron chi connectivity index (χ4n) is 3.27. The number of hydrogen-bond donors (Lipinski definition) is 0. The molecular formula is C26H27NO4. The Bertz CT molecular complexity index is 975. The lowest BCUT2D eigenvalue weighted by Gasteiger charge is -2.22. The zero-order valence-electron chi connectivity index (χ0n) is 18.1. The zero-order chi connectivity index (χ0) is 22.1. The minimum atomic E-state index is -0.0930. The largest absolute Gasteiger partial charge is 0.496 e. The summed E-state index contributed by atoms with van der Waals surface area (Å²) in [6.45, 7) is 1.03. The molecule has 0 saturated heterocycles. The highest BCUT2D eigenvalue weighted by Gasteiger charge is 2.14. The molecule has 0 N–H and O–H groups in total. The molecule has 0 aliphatic carbocycles. The summed E-state index contributed by atoms with van der Waals surface area (Å²) in [4.78, 5) is 15.0. The number of ether oxygens (including phenoxy) is 3. The first-order valence-corrected chi connectivity index (χ1v) is 9.99. The molecule has 0 atom stereocenters. The Balaban J connectivity index is 1.86. The second kappa shape index (κ2) is 10.9. The molecule has 0 radical (unpaired) electrons. The predicted octanol–water partition coefficient (Wildman–Crippen LogP) is 4.95. The van der Waals surface area contributed by atoms with E-state index in [0.29, 0.717) is 30.3 Å². The minimum absolute atomic E-state index is 0.0930. The third kappa shape index (κ3) is 5.89. The molecule has 0 fully saturated rings. The van der Waals surface area contributed by atoms with Crippen LogP contribution in [0.3, 0.4) is 0 Å². The van der Waals surface area contributed by atoms with Crippen LogP contribution in [0.1, 0.15) is 16.7 Å². The third-order valence-corrected chi connectivity index (χ3v) is 4.89. The van der Waals surface area contributed by atoms with Crippen LogP contribution in [0.2, 0.25) is 0 Å². The molecule has 0 aliphatic rings. The molecule has 0 spiro atoms. The van der Waals surface area contributed by atoms with E-state index in [-0.39, 0.29) is 5.91 Å². The van der Waals surface area contributed by atoms with Crippen LogP contribution in [-0.4, -0.2) is 32.1 Å². The van der Waals surface area contributed by atoms with Crippen LogP contribution in [0, 0.1) is 0 Å². The van der Waals surface area contributed by atoms with E-state index < -0.39 is 0 Å². The molecule has 31 heavy (non-hydrogen) atoms. The van der Waals surface area contributed by atoms with E-state index in [0.717, 1.165) is 16.7 Å². The van der Waals surface area contributed by atoms with Crippen molar-refractivity contribution in [3.05, 3.63) is 95.6 Å². The van der Waals surface area contributed by atoms with Gasteiger partial charge in [0.1, 0.15) is 5.75 Å². The Morgan fingerprint density at radius 1 is 0.742 bits per heavy atom.